The van der Waals surface area contributed by atoms with Gasteiger partial charge in [0.05, 0.1) is 51.0 Å². The molecule has 0 spiro atoms. The van der Waals surface area contributed by atoms with E-state index in [0.29, 0.717) is 92.6 Å². The molecule has 4 aromatic heterocycles. The molecule has 2 N–H and O–H groups in total. The Morgan fingerprint density at radius 3 is 1.87 bits per heavy atom. The van der Waals surface area contributed by atoms with E-state index in [9.17, 15) is 24.3 Å². The van der Waals surface area contributed by atoms with Gasteiger partial charge in [0, 0.05) is 44.4 Å². The maximum absolute atomic E-state index is 14.1. The number of aliphatic hydroxyl groups is 1. The summed E-state index contributed by atoms with van der Waals surface area (Å²) in [5.74, 6) is 2.13. The van der Waals surface area contributed by atoms with Gasteiger partial charge < -0.3 is 24.3 Å². The van der Waals surface area contributed by atoms with Crippen molar-refractivity contribution in [2.24, 2.45) is 11.8 Å². The molecule has 15 rings (SSSR count). The number of hydrogen-bond acceptors (Lipinski definition) is 13. The van der Waals surface area contributed by atoms with Crippen molar-refractivity contribution in [1.82, 2.24) is 32.3 Å². The first-order valence-electron chi connectivity index (χ1n) is 27.0. The highest BCUT2D eigenvalue weighted by molar-refractivity contribution is 7.15. The van der Waals surface area contributed by atoms with Gasteiger partial charge in [-0.05, 0) is 143 Å². The Balaban J connectivity index is 0.000000152. The molecule has 0 unspecified atom stereocenters. The summed E-state index contributed by atoms with van der Waals surface area (Å²) in [6.45, 7) is 11.6. The number of aromatic amines is 1. The summed E-state index contributed by atoms with van der Waals surface area (Å²) in [7, 11) is -1.31. The Hall–Kier alpha value is -5.76. The van der Waals surface area contributed by atoms with E-state index in [1.165, 1.54) is 42.3 Å². The van der Waals surface area contributed by atoms with Gasteiger partial charge in [0.25, 0.3) is 22.2 Å². The van der Waals surface area contributed by atoms with Crippen molar-refractivity contribution >= 4 is 73.4 Å². The normalized spacial score (nSPS) is 20.7. The van der Waals surface area contributed by atoms with Crippen molar-refractivity contribution in [2.75, 3.05) is 32.9 Å². The number of rotatable bonds is 8. The Bertz CT molecular complexity index is 3720. The number of H-pyrrole nitrogens is 1. The van der Waals surface area contributed by atoms with Crippen LogP contribution in [0.25, 0.3) is 64.8 Å². The SMILES string of the molecule is C[Si](C)(C)CCOCn1c(=O)c2nc3c(cc(CO)cc31)OCC1CCC(CC1)n1sc3c-2cccc3c1=O.O=c1[nH]c2cc(CN3CCCCC3)cc3c2nc1-c1cccc2c(=O)n(sc12)C1CCC(CC1)CO3. The number of piperidine rings is 1. The quantitative estimate of drug-likeness (QED) is 0.109. The number of fused-ring (bicyclic) bond motifs is 6. The minimum absolute atomic E-state index is 0.00972. The van der Waals surface area contributed by atoms with Crippen molar-refractivity contribution in [3.8, 4) is 34.0 Å². The molecule has 2 aliphatic carbocycles. The maximum atomic E-state index is 14.1. The van der Waals surface area contributed by atoms with E-state index in [1.807, 2.05) is 50.4 Å². The van der Waals surface area contributed by atoms with Crippen molar-refractivity contribution in [3.63, 3.8) is 0 Å². The summed E-state index contributed by atoms with van der Waals surface area (Å²) < 4.78 is 26.0. The molecule has 8 aromatic rings. The van der Waals surface area contributed by atoms with E-state index >= 15 is 0 Å². The second-order valence-corrected chi connectivity index (χ2v) is 30.3. The third-order valence-electron chi connectivity index (χ3n) is 16.2. The van der Waals surface area contributed by atoms with Crippen molar-refractivity contribution in [2.45, 2.75) is 128 Å². The largest absolute Gasteiger partial charge is 0.491 e. The van der Waals surface area contributed by atoms with Crippen LogP contribution < -0.4 is 31.7 Å². The summed E-state index contributed by atoms with van der Waals surface area (Å²) >= 11 is 2.94. The van der Waals surface area contributed by atoms with Crippen molar-refractivity contribution in [3.05, 3.63) is 113 Å². The average molecular weight is 1070 g/mol. The molecule has 3 fully saturated rings. The van der Waals surface area contributed by atoms with Crippen LogP contribution in [-0.4, -0.2) is 78.4 Å². The standard InChI is InChI=1S/C29H35N3O5SSi.C28H30N4O3S/c1-39(2,3)12-11-36-17-31-23-13-19(15-33)14-24-26(23)30-25(29(31)35)21-5-4-6-22-27(21)38-32(28(22)34)20-9-7-18(8-10-20)16-37-24;33-27-24-20-5-4-6-21-26(20)36-32(28(21)34)19-9-7-17(8-10-19)16-35-23-14-18(13-22(29-27)25(23)30-24)15-31-11-2-1-3-12-31/h4-6,13-14,18,20,33H,7-12,15-17H2,1-3H3;4-6,13-14,17,19H,1-3,7-12,15-16H2,(H,29,33). The fourth-order valence-corrected chi connectivity index (χ4v) is 15.1. The fourth-order valence-electron chi connectivity index (χ4n) is 11.9. The zero-order valence-corrected chi connectivity index (χ0v) is 45.7. The Kier molecular flexibility index (Phi) is 13.8. The van der Waals surface area contributed by atoms with E-state index in [0.717, 1.165) is 97.8 Å². The highest BCUT2D eigenvalue weighted by atomic mass is 32.1. The molecule has 0 amide bonds. The lowest BCUT2D eigenvalue weighted by atomic mass is 9.87. The second kappa shape index (κ2) is 20.6. The number of nitrogens with one attached hydrogen (secondary N) is 1. The molecule has 5 aliphatic heterocycles. The fraction of sp³-hybridized carbons (Fsp3) is 0.474. The van der Waals surface area contributed by atoms with E-state index in [-0.39, 0.29) is 53.4 Å². The van der Waals surface area contributed by atoms with Gasteiger partial charge in [-0.15, -0.1) is 0 Å². The molecule has 15 nitrogen and oxygen atoms in total. The Labute approximate surface area is 443 Å². The zero-order valence-electron chi connectivity index (χ0n) is 43.0. The van der Waals surface area contributed by atoms with Crippen LogP contribution in [0.4, 0.5) is 0 Å². The smallest absolute Gasteiger partial charge is 0.279 e. The van der Waals surface area contributed by atoms with E-state index in [1.54, 1.807) is 10.6 Å². The van der Waals surface area contributed by atoms with Crippen LogP contribution in [0.2, 0.25) is 25.7 Å². The Morgan fingerprint density at radius 1 is 0.693 bits per heavy atom. The van der Waals surface area contributed by atoms with Gasteiger partial charge in [0.2, 0.25) is 0 Å². The molecule has 75 heavy (non-hydrogen) atoms. The van der Waals surface area contributed by atoms with Crippen LogP contribution in [0.15, 0.2) is 79.8 Å². The third kappa shape index (κ3) is 9.86. The predicted molar refractivity (Wildman–Crippen MR) is 301 cm³/mol. The van der Waals surface area contributed by atoms with Crippen LogP contribution in [-0.2, 0) is 24.6 Å². The number of nitrogens with zero attached hydrogens (tertiary/aromatic N) is 6. The maximum Gasteiger partial charge on any atom is 0.279 e. The average Bonchev–Trinajstić information content (AvgIpc) is 3.94. The molecule has 12 bridgehead atoms. The van der Waals surface area contributed by atoms with Gasteiger partial charge in [-0.1, -0.05) is 73.4 Å². The summed E-state index contributed by atoms with van der Waals surface area (Å²) in [4.78, 5) is 69.6. The number of benzene rings is 4. The topological polar surface area (TPSA) is 176 Å². The molecular formula is C57H65N7O8S2Si. The number of hydrogen-bond donors (Lipinski definition) is 2. The van der Waals surface area contributed by atoms with Crippen LogP contribution in [0.5, 0.6) is 11.5 Å². The molecule has 7 aliphatic rings. The van der Waals surface area contributed by atoms with Crippen LogP contribution in [0.3, 0.4) is 0 Å². The molecular weight excluding hydrogens is 1000 g/mol. The first-order chi connectivity index (χ1) is 36.4. The summed E-state index contributed by atoms with van der Waals surface area (Å²) in [6, 6.07) is 20.3. The van der Waals surface area contributed by atoms with Gasteiger partial charge in [-0.25, -0.2) is 9.97 Å². The first kappa shape index (κ1) is 50.1. The lowest BCUT2D eigenvalue weighted by Gasteiger charge is -2.29. The molecule has 0 atom stereocenters. The van der Waals surface area contributed by atoms with Gasteiger partial charge in [0.1, 0.15) is 40.7 Å². The summed E-state index contributed by atoms with van der Waals surface area (Å²) in [5.41, 5.74) is 5.85. The Morgan fingerprint density at radius 2 is 1.27 bits per heavy atom. The molecule has 0 radical (unpaired) electrons. The second-order valence-electron chi connectivity index (χ2n) is 22.7. The minimum atomic E-state index is -1.31. The molecule has 18 heteroatoms. The minimum Gasteiger partial charge on any atom is -0.491 e. The predicted octanol–water partition coefficient (Wildman–Crippen LogP) is 10.4. The molecule has 4 aromatic carbocycles. The first-order valence-corrected chi connectivity index (χ1v) is 32.2. The van der Waals surface area contributed by atoms with Crippen LogP contribution >= 0.6 is 23.1 Å². The van der Waals surface area contributed by atoms with E-state index in [2.05, 4.69) is 41.7 Å². The summed E-state index contributed by atoms with van der Waals surface area (Å²) in [6.07, 6.45) is 11.6. The lowest BCUT2D eigenvalue weighted by molar-refractivity contribution is 0.0878. The van der Waals surface area contributed by atoms with Crippen molar-refractivity contribution < 1.29 is 19.3 Å². The van der Waals surface area contributed by atoms with E-state index < -0.39 is 8.07 Å². The summed E-state index contributed by atoms with van der Waals surface area (Å²) in [5, 5.41) is 11.3. The third-order valence-corrected chi connectivity index (χ3v) is 20.4. The monoisotopic (exact) mass is 1070 g/mol. The van der Waals surface area contributed by atoms with Gasteiger partial charge >= 0.3 is 0 Å². The van der Waals surface area contributed by atoms with E-state index in [4.69, 9.17) is 24.2 Å². The molecule has 9 heterocycles. The number of aromatic nitrogens is 6. The number of likely N-dealkylation sites (tertiary alicyclic amines) is 1. The zero-order chi connectivity index (χ0) is 51.5. The molecule has 2 saturated carbocycles. The molecule has 392 valence electrons. The van der Waals surface area contributed by atoms with Gasteiger partial charge in [0.15, 0.2) is 0 Å². The van der Waals surface area contributed by atoms with Gasteiger partial charge in [-0.3, -0.25) is 36.6 Å². The number of aliphatic hydroxyl groups excluding tert-OH is 1. The lowest BCUT2D eigenvalue weighted by Crippen LogP contribution is -2.29. The van der Waals surface area contributed by atoms with Crippen molar-refractivity contribution in [1.29, 1.82) is 0 Å². The van der Waals surface area contributed by atoms with Crippen LogP contribution in [0.1, 0.15) is 93.8 Å². The number of ether oxygens (including phenoxy) is 3. The molecule has 1 saturated heterocycles. The highest BCUT2D eigenvalue weighted by Gasteiger charge is 2.30. The van der Waals surface area contributed by atoms with Gasteiger partial charge in [-0.2, -0.15) is 0 Å². The van der Waals surface area contributed by atoms with Crippen LogP contribution in [0, 0.1) is 11.8 Å². The highest BCUT2D eigenvalue weighted by Crippen LogP contribution is 2.40.